The number of rotatable bonds is 0. The van der Waals surface area contributed by atoms with Crippen molar-refractivity contribution in [2.75, 3.05) is 5.73 Å². The number of anilines is 1. The van der Waals surface area contributed by atoms with Gasteiger partial charge in [0.05, 0.1) is 0 Å². The van der Waals surface area contributed by atoms with Crippen LogP contribution >= 0.6 is 0 Å². The smallest absolute Gasteiger partial charge is 0.172 e. The number of hydrogen-bond donors (Lipinski definition) is 1. The zero-order valence-electron chi connectivity index (χ0n) is 8.53. The Bertz CT molecular complexity index is 516. The van der Waals surface area contributed by atoms with Gasteiger partial charge < -0.3 is 10.3 Å². The minimum atomic E-state index is 0.482. The van der Waals surface area contributed by atoms with Crippen LogP contribution in [0.2, 0.25) is 0 Å². The molecule has 2 aromatic rings. The number of benzene rings is 1. The average Bonchev–Trinajstić information content (AvgIpc) is 2.62. The van der Waals surface area contributed by atoms with Gasteiger partial charge in [0.15, 0.2) is 11.6 Å². The van der Waals surface area contributed by atoms with Gasteiger partial charge in [0.25, 0.3) is 0 Å². The second-order valence-corrected chi connectivity index (χ2v) is 4.07. The van der Waals surface area contributed by atoms with E-state index in [1.54, 1.807) is 0 Å². The number of hydrogen-bond acceptors (Lipinski definition) is 3. The summed E-state index contributed by atoms with van der Waals surface area (Å²) in [4.78, 5) is 0. The molecule has 0 radical (unpaired) electrons. The van der Waals surface area contributed by atoms with E-state index in [0.29, 0.717) is 11.7 Å². The maximum Gasteiger partial charge on any atom is 0.172 e. The third-order valence-electron chi connectivity index (χ3n) is 3.07. The van der Waals surface area contributed by atoms with Crippen molar-refractivity contribution in [3.8, 4) is 11.3 Å². The van der Waals surface area contributed by atoms with Gasteiger partial charge in [0.1, 0.15) is 0 Å². The molecule has 0 saturated carbocycles. The zero-order valence-corrected chi connectivity index (χ0v) is 8.53. The van der Waals surface area contributed by atoms with Crippen LogP contribution in [-0.4, -0.2) is 5.16 Å². The summed E-state index contributed by atoms with van der Waals surface area (Å²) >= 11 is 0. The van der Waals surface area contributed by atoms with E-state index in [-0.39, 0.29) is 0 Å². The van der Waals surface area contributed by atoms with E-state index >= 15 is 0 Å². The minimum absolute atomic E-state index is 0.482. The predicted molar refractivity (Wildman–Crippen MR) is 58.5 cm³/mol. The van der Waals surface area contributed by atoms with Crippen LogP contribution in [0, 0.1) is 0 Å². The molecule has 3 rings (SSSR count). The first-order valence-corrected chi connectivity index (χ1v) is 5.10. The maximum atomic E-state index is 5.78. The van der Waals surface area contributed by atoms with E-state index in [4.69, 9.17) is 10.3 Å². The summed E-state index contributed by atoms with van der Waals surface area (Å²) in [5.74, 6) is 1.86. The van der Waals surface area contributed by atoms with E-state index in [1.807, 2.05) is 6.07 Å². The van der Waals surface area contributed by atoms with E-state index in [2.05, 4.69) is 30.3 Å². The van der Waals surface area contributed by atoms with Gasteiger partial charge in [0.2, 0.25) is 0 Å². The Kier molecular flexibility index (Phi) is 1.63. The topological polar surface area (TPSA) is 52.0 Å². The van der Waals surface area contributed by atoms with Crippen molar-refractivity contribution in [2.24, 2.45) is 0 Å². The monoisotopic (exact) mass is 200 g/mol. The Morgan fingerprint density at radius 2 is 2.20 bits per heavy atom. The predicted octanol–water partition coefficient (Wildman–Crippen LogP) is 2.58. The summed E-state index contributed by atoms with van der Waals surface area (Å²) in [7, 11) is 0. The van der Waals surface area contributed by atoms with Gasteiger partial charge >= 0.3 is 0 Å². The first kappa shape index (κ1) is 8.53. The lowest BCUT2D eigenvalue weighted by molar-refractivity contribution is 0.432. The van der Waals surface area contributed by atoms with Crippen LogP contribution in [0.1, 0.15) is 24.0 Å². The van der Waals surface area contributed by atoms with E-state index in [1.165, 1.54) is 5.56 Å². The fourth-order valence-electron chi connectivity index (χ4n) is 2.28. The molecule has 0 fully saturated rings. The van der Waals surface area contributed by atoms with Crippen molar-refractivity contribution in [3.63, 3.8) is 0 Å². The van der Waals surface area contributed by atoms with Crippen LogP contribution < -0.4 is 5.73 Å². The standard InChI is InChI=1S/C12H12N2O/c1-7-6-10-11(15-14-12(10)13)9-5-3-2-4-8(7)9/h2-5,7H,6H2,1H3,(H2,13,14). The number of nitrogens with two attached hydrogens (primary N) is 1. The van der Waals surface area contributed by atoms with Crippen LogP contribution in [0.3, 0.4) is 0 Å². The Morgan fingerprint density at radius 3 is 3.07 bits per heavy atom. The fraction of sp³-hybridized carbons (Fsp3) is 0.250. The van der Waals surface area contributed by atoms with Crippen LogP contribution in [0.5, 0.6) is 0 Å². The molecule has 0 aliphatic heterocycles. The largest absolute Gasteiger partial charge is 0.381 e. The van der Waals surface area contributed by atoms with Crippen molar-refractivity contribution in [1.82, 2.24) is 5.16 Å². The Hall–Kier alpha value is -1.77. The lowest BCUT2D eigenvalue weighted by Crippen LogP contribution is -2.08. The fourth-order valence-corrected chi connectivity index (χ4v) is 2.28. The second kappa shape index (κ2) is 2.86. The van der Waals surface area contributed by atoms with Crippen LogP contribution in [0.4, 0.5) is 5.82 Å². The molecule has 3 nitrogen and oxygen atoms in total. The summed E-state index contributed by atoms with van der Waals surface area (Å²) in [6.07, 6.45) is 0.918. The molecular weight excluding hydrogens is 188 g/mol. The van der Waals surface area contributed by atoms with Crippen LogP contribution in [0.15, 0.2) is 28.8 Å². The highest BCUT2D eigenvalue weighted by Crippen LogP contribution is 2.41. The SMILES string of the molecule is CC1Cc2c(N)noc2-c2ccccc21. The van der Waals surface area contributed by atoms with Gasteiger partial charge in [-0.3, -0.25) is 0 Å². The first-order chi connectivity index (χ1) is 7.27. The normalized spacial score (nSPS) is 18.3. The molecule has 15 heavy (non-hydrogen) atoms. The Labute approximate surface area is 87.9 Å². The third-order valence-corrected chi connectivity index (χ3v) is 3.07. The van der Waals surface area contributed by atoms with Gasteiger partial charge in [-0.25, -0.2) is 0 Å². The van der Waals surface area contributed by atoms with Crippen molar-refractivity contribution < 1.29 is 4.52 Å². The highest BCUT2D eigenvalue weighted by molar-refractivity contribution is 5.72. The van der Waals surface area contributed by atoms with Crippen LogP contribution in [-0.2, 0) is 6.42 Å². The average molecular weight is 200 g/mol. The molecule has 1 aliphatic carbocycles. The molecule has 1 atom stereocenters. The molecule has 1 unspecified atom stereocenters. The number of nitrogen functional groups attached to an aromatic ring is 1. The molecule has 0 saturated heterocycles. The lowest BCUT2D eigenvalue weighted by atomic mass is 9.83. The van der Waals surface area contributed by atoms with Gasteiger partial charge in [-0.05, 0) is 17.9 Å². The maximum absolute atomic E-state index is 5.78. The second-order valence-electron chi connectivity index (χ2n) is 4.07. The highest BCUT2D eigenvalue weighted by atomic mass is 16.5. The molecule has 1 aromatic heterocycles. The summed E-state index contributed by atoms with van der Waals surface area (Å²) in [5.41, 5.74) is 9.29. The summed E-state index contributed by atoms with van der Waals surface area (Å²) in [6.45, 7) is 2.20. The van der Waals surface area contributed by atoms with E-state index < -0.39 is 0 Å². The van der Waals surface area contributed by atoms with Crippen LogP contribution in [0.25, 0.3) is 11.3 Å². The molecule has 2 N–H and O–H groups in total. The summed E-state index contributed by atoms with van der Waals surface area (Å²) in [6, 6.07) is 8.27. The van der Waals surface area contributed by atoms with Crippen molar-refractivity contribution in [2.45, 2.75) is 19.3 Å². The number of aromatic nitrogens is 1. The lowest BCUT2D eigenvalue weighted by Gasteiger charge is -2.20. The molecule has 3 heteroatoms. The van der Waals surface area contributed by atoms with Gasteiger partial charge in [-0.2, -0.15) is 0 Å². The van der Waals surface area contributed by atoms with Gasteiger partial charge in [-0.1, -0.05) is 36.3 Å². The van der Waals surface area contributed by atoms with Crippen molar-refractivity contribution in [1.29, 1.82) is 0 Å². The zero-order chi connectivity index (χ0) is 10.4. The molecule has 76 valence electrons. The first-order valence-electron chi connectivity index (χ1n) is 5.10. The van der Waals surface area contributed by atoms with Gasteiger partial charge in [-0.15, -0.1) is 0 Å². The van der Waals surface area contributed by atoms with E-state index in [0.717, 1.165) is 23.3 Å². The molecule has 0 spiro atoms. The minimum Gasteiger partial charge on any atom is -0.381 e. The third kappa shape index (κ3) is 1.09. The Balaban J connectivity index is 2.30. The van der Waals surface area contributed by atoms with Gasteiger partial charge in [0, 0.05) is 11.1 Å². The highest BCUT2D eigenvalue weighted by Gasteiger charge is 2.26. The molecule has 1 heterocycles. The Morgan fingerprint density at radius 1 is 1.40 bits per heavy atom. The molecular formula is C12H12N2O. The molecule has 0 amide bonds. The van der Waals surface area contributed by atoms with Crippen molar-refractivity contribution in [3.05, 3.63) is 35.4 Å². The van der Waals surface area contributed by atoms with Crippen molar-refractivity contribution >= 4 is 5.82 Å². The molecule has 1 aliphatic rings. The molecule has 1 aromatic carbocycles. The summed E-state index contributed by atoms with van der Waals surface area (Å²) in [5, 5.41) is 3.83. The number of fused-ring (bicyclic) bond motifs is 3. The number of nitrogens with zero attached hydrogens (tertiary/aromatic N) is 1. The van der Waals surface area contributed by atoms with E-state index in [9.17, 15) is 0 Å². The summed E-state index contributed by atoms with van der Waals surface area (Å²) < 4.78 is 5.29. The quantitative estimate of drug-likeness (QED) is 0.711. The molecule has 0 bridgehead atoms.